The van der Waals surface area contributed by atoms with Gasteiger partial charge in [0, 0.05) is 11.8 Å². The smallest absolute Gasteiger partial charge is 0.226 e. The highest BCUT2D eigenvalue weighted by atomic mass is 35.5. The van der Waals surface area contributed by atoms with Crippen LogP contribution >= 0.6 is 23.4 Å². The maximum Gasteiger partial charge on any atom is 0.226 e. The third kappa shape index (κ3) is 2.54. The minimum Gasteiger partial charge on any atom is -0.367 e. The van der Waals surface area contributed by atoms with Crippen LogP contribution in [0.1, 0.15) is 19.3 Å². The first-order chi connectivity index (χ1) is 8.83. The first-order valence-electron chi connectivity index (χ1n) is 6.05. The summed E-state index contributed by atoms with van der Waals surface area (Å²) in [5.41, 5.74) is 1.43. The molecule has 0 spiro atoms. The molecular formula is C11H14ClN5S. The van der Waals surface area contributed by atoms with Crippen molar-refractivity contribution in [1.29, 1.82) is 0 Å². The van der Waals surface area contributed by atoms with Crippen molar-refractivity contribution >= 4 is 40.3 Å². The van der Waals surface area contributed by atoms with Gasteiger partial charge in [-0.1, -0.05) is 6.42 Å². The van der Waals surface area contributed by atoms with E-state index < -0.39 is 0 Å². The fourth-order valence-corrected chi connectivity index (χ4v) is 3.52. The molecule has 2 aromatic rings. The van der Waals surface area contributed by atoms with Crippen LogP contribution in [-0.4, -0.2) is 37.5 Å². The standard InChI is InChI=1S/C11H14ClN5S/c12-11-16-9(8-10(17-11)15-6-14-8)13-5-7-3-1-2-4-18-7/h6-7H,1-5H2,(H2,13,14,15,16,17). The lowest BCUT2D eigenvalue weighted by Crippen LogP contribution is -2.20. The Hall–Kier alpha value is -1.01. The van der Waals surface area contributed by atoms with E-state index in [0.717, 1.165) is 17.9 Å². The average molecular weight is 284 g/mol. The van der Waals surface area contributed by atoms with Gasteiger partial charge in [-0.05, 0) is 30.2 Å². The van der Waals surface area contributed by atoms with Gasteiger partial charge in [-0.2, -0.15) is 21.7 Å². The number of nitrogens with zero attached hydrogens (tertiary/aromatic N) is 3. The Morgan fingerprint density at radius 3 is 3.22 bits per heavy atom. The quantitative estimate of drug-likeness (QED) is 0.848. The summed E-state index contributed by atoms with van der Waals surface area (Å²) in [6.45, 7) is 0.909. The number of aromatic nitrogens is 4. The van der Waals surface area contributed by atoms with Crippen molar-refractivity contribution < 1.29 is 0 Å². The van der Waals surface area contributed by atoms with Crippen molar-refractivity contribution in [2.75, 3.05) is 17.6 Å². The number of fused-ring (bicyclic) bond motifs is 1. The maximum absolute atomic E-state index is 5.88. The predicted molar refractivity (Wildman–Crippen MR) is 75.3 cm³/mol. The summed E-state index contributed by atoms with van der Waals surface area (Å²) in [4.78, 5) is 15.4. The summed E-state index contributed by atoms with van der Waals surface area (Å²) in [6.07, 6.45) is 5.54. The van der Waals surface area contributed by atoms with Crippen molar-refractivity contribution in [1.82, 2.24) is 19.9 Å². The molecule has 2 N–H and O–H groups in total. The number of imidazole rings is 1. The van der Waals surface area contributed by atoms with E-state index in [9.17, 15) is 0 Å². The molecular weight excluding hydrogens is 270 g/mol. The second-order valence-corrected chi connectivity index (χ2v) is 6.06. The molecule has 1 saturated heterocycles. The minimum atomic E-state index is 0.230. The molecule has 96 valence electrons. The zero-order valence-corrected chi connectivity index (χ0v) is 11.4. The molecule has 0 saturated carbocycles. The summed E-state index contributed by atoms with van der Waals surface area (Å²) >= 11 is 7.91. The average Bonchev–Trinajstić information content (AvgIpc) is 2.85. The lowest BCUT2D eigenvalue weighted by atomic mass is 10.2. The Balaban J connectivity index is 1.75. The van der Waals surface area contributed by atoms with E-state index in [1.54, 1.807) is 6.33 Å². The normalized spacial score (nSPS) is 20.2. The third-order valence-electron chi connectivity index (χ3n) is 3.03. The number of anilines is 1. The molecule has 0 radical (unpaired) electrons. The fourth-order valence-electron chi connectivity index (χ4n) is 2.11. The number of nitrogens with one attached hydrogen (secondary N) is 2. The lowest BCUT2D eigenvalue weighted by Gasteiger charge is -2.21. The Kier molecular flexibility index (Phi) is 3.56. The number of hydrogen-bond acceptors (Lipinski definition) is 5. The summed E-state index contributed by atoms with van der Waals surface area (Å²) in [6, 6.07) is 0. The molecule has 3 heterocycles. The predicted octanol–water partition coefficient (Wildman–Crippen LogP) is 2.70. The van der Waals surface area contributed by atoms with Crippen molar-refractivity contribution in [2.45, 2.75) is 24.5 Å². The molecule has 1 unspecified atom stereocenters. The number of rotatable bonds is 3. The molecule has 0 amide bonds. The highest BCUT2D eigenvalue weighted by Crippen LogP contribution is 2.26. The van der Waals surface area contributed by atoms with E-state index in [1.165, 1.54) is 25.0 Å². The van der Waals surface area contributed by atoms with Gasteiger partial charge < -0.3 is 10.3 Å². The molecule has 1 fully saturated rings. The van der Waals surface area contributed by atoms with Gasteiger partial charge in [0.2, 0.25) is 5.28 Å². The van der Waals surface area contributed by atoms with E-state index in [2.05, 4.69) is 25.3 Å². The second kappa shape index (κ2) is 5.32. The number of thioether (sulfide) groups is 1. The van der Waals surface area contributed by atoms with Crippen molar-refractivity contribution in [3.63, 3.8) is 0 Å². The topological polar surface area (TPSA) is 66.5 Å². The van der Waals surface area contributed by atoms with Crippen LogP contribution in [0.2, 0.25) is 5.28 Å². The van der Waals surface area contributed by atoms with Crippen molar-refractivity contribution in [3.8, 4) is 0 Å². The zero-order valence-electron chi connectivity index (χ0n) is 9.82. The van der Waals surface area contributed by atoms with Crippen LogP contribution in [0.4, 0.5) is 5.82 Å². The fraction of sp³-hybridized carbons (Fsp3) is 0.545. The zero-order chi connectivity index (χ0) is 12.4. The second-order valence-electron chi connectivity index (χ2n) is 4.31. The molecule has 1 aliphatic rings. The third-order valence-corrected chi connectivity index (χ3v) is 4.60. The molecule has 1 aliphatic heterocycles. The Morgan fingerprint density at radius 1 is 1.44 bits per heavy atom. The monoisotopic (exact) mass is 283 g/mol. The van der Waals surface area contributed by atoms with Gasteiger partial charge in [0.15, 0.2) is 11.5 Å². The maximum atomic E-state index is 5.88. The summed E-state index contributed by atoms with van der Waals surface area (Å²) < 4.78 is 0. The minimum absolute atomic E-state index is 0.230. The molecule has 1 atom stereocenters. The number of hydrogen-bond donors (Lipinski definition) is 2. The lowest BCUT2D eigenvalue weighted by molar-refractivity contribution is 0.677. The summed E-state index contributed by atoms with van der Waals surface area (Å²) in [5, 5.41) is 4.24. The van der Waals surface area contributed by atoms with Crippen LogP contribution in [0, 0.1) is 0 Å². The van der Waals surface area contributed by atoms with Gasteiger partial charge in [-0.3, -0.25) is 0 Å². The van der Waals surface area contributed by atoms with E-state index in [1.807, 2.05) is 11.8 Å². The first-order valence-corrected chi connectivity index (χ1v) is 7.48. The van der Waals surface area contributed by atoms with Gasteiger partial charge in [0.1, 0.15) is 5.52 Å². The van der Waals surface area contributed by atoms with Crippen molar-refractivity contribution in [3.05, 3.63) is 11.6 Å². The molecule has 0 aliphatic carbocycles. The van der Waals surface area contributed by atoms with Gasteiger partial charge in [-0.15, -0.1) is 0 Å². The van der Waals surface area contributed by atoms with Crippen molar-refractivity contribution in [2.24, 2.45) is 0 Å². The van der Waals surface area contributed by atoms with Gasteiger partial charge in [0.25, 0.3) is 0 Å². The molecule has 5 nitrogen and oxygen atoms in total. The van der Waals surface area contributed by atoms with E-state index >= 15 is 0 Å². The highest BCUT2D eigenvalue weighted by molar-refractivity contribution is 7.99. The Morgan fingerprint density at radius 2 is 2.39 bits per heavy atom. The largest absolute Gasteiger partial charge is 0.367 e. The summed E-state index contributed by atoms with van der Waals surface area (Å²) in [5.74, 6) is 2.00. The first kappa shape index (κ1) is 12.0. The van der Waals surface area contributed by atoms with Crippen LogP contribution in [0.3, 0.4) is 0 Å². The van der Waals surface area contributed by atoms with Gasteiger partial charge in [0.05, 0.1) is 6.33 Å². The summed E-state index contributed by atoms with van der Waals surface area (Å²) in [7, 11) is 0. The molecule has 18 heavy (non-hydrogen) atoms. The Labute approximate surface area is 114 Å². The van der Waals surface area contributed by atoms with Crippen LogP contribution in [0.25, 0.3) is 11.2 Å². The number of H-pyrrole nitrogens is 1. The van der Waals surface area contributed by atoms with E-state index in [-0.39, 0.29) is 5.28 Å². The van der Waals surface area contributed by atoms with Crippen LogP contribution in [0.5, 0.6) is 0 Å². The highest BCUT2D eigenvalue weighted by Gasteiger charge is 2.15. The van der Waals surface area contributed by atoms with Crippen LogP contribution in [0.15, 0.2) is 6.33 Å². The Bertz CT molecular complexity index is 537. The molecule has 0 bridgehead atoms. The van der Waals surface area contributed by atoms with Crippen LogP contribution < -0.4 is 5.32 Å². The number of halogens is 1. The molecule has 2 aromatic heterocycles. The SMILES string of the molecule is Clc1nc(NCC2CCCCS2)c2[nH]cnc2n1. The molecule has 3 rings (SSSR count). The van der Waals surface area contributed by atoms with Crippen LogP contribution in [-0.2, 0) is 0 Å². The van der Waals surface area contributed by atoms with E-state index in [4.69, 9.17) is 11.6 Å². The van der Waals surface area contributed by atoms with Gasteiger partial charge >= 0.3 is 0 Å². The molecule has 0 aromatic carbocycles. The molecule has 7 heteroatoms. The number of aromatic amines is 1. The van der Waals surface area contributed by atoms with E-state index in [0.29, 0.717) is 10.9 Å². The van der Waals surface area contributed by atoms with Gasteiger partial charge in [-0.25, -0.2) is 4.98 Å².